The predicted molar refractivity (Wildman–Crippen MR) is 89.9 cm³/mol. The standard InChI is InChI=1S/C19H21N3O/c1-11-9-10-20-18(17(11)14-5-6-14)22-19(23)15-7-8-16(13-3-4-13)21-12(15)2/h7-10,13-14H,3-6H2,1-2H3,(H,20,22,23). The van der Waals surface area contributed by atoms with Crippen LogP contribution in [0.4, 0.5) is 5.82 Å². The summed E-state index contributed by atoms with van der Waals surface area (Å²) in [6.45, 7) is 3.99. The van der Waals surface area contributed by atoms with Gasteiger partial charge in [0, 0.05) is 23.4 Å². The third-order valence-electron chi connectivity index (χ3n) is 4.77. The number of amides is 1. The molecule has 4 nitrogen and oxygen atoms in total. The molecule has 0 saturated heterocycles. The first-order valence-electron chi connectivity index (χ1n) is 8.38. The molecule has 2 aliphatic rings. The highest BCUT2D eigenvalue weighted by atomic mass is 16.1. The number of hydrogen-bond donors (Lipinski definition) is 1. The highest BCUT2D eigenvalue weighted by Crippen LogP contribution is 2.44. The lowest BCUT2D eigenvalue weighted by atomic mass is 10.1. The molecule has 0 atom stereocenters. The summed E-state index contributed by atoms with van der Waals surface area (Å²) in [6.07, 6.45) is 6.57. The lowest BCUT2D eigenvalue weighted by Gasteiger charge is -2.13. The Morgan fingerprint density at radius 3 is 2.48 bits per heavy atom. The number of rotatable bonds is 4. The third kappa shape index (κ3) is 2.85. The van der Waals surface area contributed by atoms with Crippen molar-refractivity contribution in [1.82, 2.24) is 9.97 Å². The summed E-state index contributed by atoms with van der Waals surface area (Å²) in [5.74, 6) is 1.75. The van der Waals surface area contributed by atoms with Crippen LogP contribution in [0.3, 0.4) is 0 Å². The Hall–Kier alpha value is -2.23. The van der Waals surface area contributed by atoms with Gasteiger partial charge in [0.05, 0.1) is 11.3 Å². The molecule has 0 aromatic carbocycles. The van der Waals surface area contributed by atoms with Gasteiger partial charge in [0.2, 0.25) is 0 Å². The van der Waals surface area contributed by atoms with Gasteiger partial charge < -0.3 is 5.32 Å². The van der Waals surface area contributed by atoms with E-state index in [1.165, 1.54) is 36.8 Å². The van der Waals surface area contributed by atoms with Crippen LogP contribution in [-0.2, 0) is 0 Å². The maximum atomic E-state index is 12.6. The van der Waals surface area contributed by atoms with Crippen molar-refractivity contribution in [2.75, 3.05) is 5.32 Å². The maximum absolute atomic E-state index is 12.6. The molecule has 2 heterocycles. The molecule has 4 rings (SSSR count). The Kier molecular flexibility index (Phi) is 3.40. The summed E-state index contributed by atoms with van der Waals surface area (Å²) < 4.78 is 0. The molecule has 1 amide bonds. The van der Waals surface area contributed by atoms with Crippen LogP contribution in [0.2, 0.25) is 0 Å². The normalized spacial score (nSPS) is 17.1. The summed E-state index contributed by atoms with van der Waals surface area (Å²) in [4.78, 5) is 21.7. The Bertz CT molecular complexity index is 776. The zero-order valence-corrected chi connectivity index (χ0v) is 13.6. The quantitative estimate of drug-likeness (QED) is 0.925. The molecule has 1 N–H and O–H groups in total. The summed E-state index contributed by atoms with van der Waals surface area (Å²) in [7, 11) is 0. The number of pyridine rings is 2. The number of aryl methyl sites for hydroxylation is 2. The van der Waals surface area contributed by atoms with Crippen molar-refractivity contribution >= 4 is 11.7 Å². The molecule has 0 radical (unpaired) electrons. The Morgan fingerprint density at radius 1 is 1.09 bits per heavy atom. The van der Waals surface area contributed by atoms with Crippen molar-refractivity contribution in [3.8, 4) is 0 Å². The van der Waals surface area contributed by atoms with Crippen molar-refractivity contribution < 1.29 is 4.79 Å². The van der Waals surface area contributed by atoms with Crippen LogP contribution < -0.4 is 5.32 Å². The van der Waals surface area contributed by atoms with Crippen molar-refractivity contribution in [1.29, 1.82) is 0 Å². The van der Waals surface area contributed by atoms with E-state index in [9.17, 15) is 4.79 Å². The largest absolute Gasteiger partial charge is 0.306 e. The number of aromatic nitrogens is 2. The smallest absolute Gasteiger partial charge is 0.258 e. The van der Waals surface area contributed by atoms with Gasteiger partial charge in [0.1, 0.15) is 5.82 Å². The van der Waals surface area contributed by atoms with E-state index in [2.05, 4.69) is 22.2 Å². The number of hydrogen-bond acceptors (Lipinski definition) is 3. The Morgan fingerprint density at radius 2 is 1.83 bits per heavy atom. The molecule has 2 aliphatic carbocycles. The van der Waals surface area contributed by atoms with E-state index in [0.29, 0.717) is 23.2 Å². The summed E-state index contributed by atoms with van der Waals surface area (Å²) in [6, 6.07) is 5.91. The fraction of sp³-hybridized carbons (Fsp3) is 0.421. The van der Waals surface area contributed by atoms with E-state index in [1.807, 2.05) is 25.1 Å². The van der Waals surface area contributed by atoms with Gasteiger partial charge in [-0.05, 0) is 69.2 Å². The SMILES string of the molecule is Cc1ccnc(NC(=O)c2ccc(C3CC3)nc2C)c1C1CC1. The summed E-state index contributed by atoms with van der Waals surface area (Å²) >= 11 is 0. The van der Waals surface area contributed by atoms with Crippen LogP contribution in [0.15, 0.2) is 24.4 Å². The molecule has 4 heteroatoms. The number of nitrogens with one attached hydrogen (secondary N) is 1. The molecule has 118 valence electrons. The van der Waals surface area contributed by atoms with Crippen LogP contribution in [-0.4, -0.2) is 15.9 Å². The Balaban J connectivity index is 1.60. The summed E-state index contributed by atoms with van der Waals surface area (Å²) in [5, 5.41) is 3.00. The minimum atomic E-state index is -0.114. The average Bonchev–Trinajstić information content (AvgIpc) is 3.39. The molecule has 0 bridgehead atoms. The van der Waals surface area contributed by atoms with Gasteiger partial charge in [0.15, 0.2) is 0 Å². The second-order valence-electron chi connectivity index (χ2n) is 6.76. The highest BCUT2D eigenvalue weighted by molar-refractivity contribution is 6.05. The number of carbonyl (C=O) groups excluding carboxylic acids is 1. The minimum absolute atomic E-state index is 0.114. The van der Waals surface area contributed by atoms with Gasteiger partial charge in [-0.2, -0.15) is 0 Å². The third-order valence-corrected chi connectivity index (χ3v) is 4.77. The van der Waals surface area contributed by atoms with Crippen molar-refractivity contribution in [3.63, 3.8) is 0 Å². The summed E-state index contributed by atoms with van der Waals surface area (Å²) in [5.41, 5.74) is 4.95. The van der Waals surface area contributed by atoms with E-state index in [4.69, 9.17) is 0 Å². The molecule has 2 aromatic rings. The topological polar surface area (TPSA) is 54.9 Å². The van der Waals surface area contributed by atoms with Crippen LogP contribution in [0.1, 0.15) is 70.4 Å². The van der Waals surface area contributed by atoms with Crippen LogP contribution in [0, 0.1) is 13.8 Å². The van der Waals surface area contributed by atoms with E-state index < -0.39 is 0 Å². The number of anilines is 1. The van der Waals surface area contributed by atoms with Gasteiger partial charge >= 0.3 is 0 Å². The molecule has 0 unspecified atom stereocenters. The second-order valence-corrected chi connectivity index (χ2v) is 6.76. The Labute approximate surface area is 136 Å². The minimum Gasteiger partial charge on any atom is -0.306 e. The van der Waals surface area contributed by atoms with Crippen LogP contribution >= 0.6 is 0 Å². The highest BCUT2D eigenvalue weighted by Gasteiger charge is 2.29. The lowest BCUT2D eigenvalue weighted by molar-refractivity contribution is 0.102. The molecule has 2 fully saturated rings. The van der Waals surface area contributed by atoms with Gasteiger partial charge in [-0.25, -0.2) is 4.98 Å². The molecule has 0 aliphatic heterocycles. The van der Waals surface area contributed by atoms with E-state index in [-0.39, 0.29) is 5.91 Å². The lowest BCUT2D eigenvalue weighted by Crippen LogP contribution is -2.17. The van der Waals surface area contributed by atoms with E-state index >= 15 is 0 Å². The van der Waals surface area contributed by atoms with Gasteiger partial charge in [0.25, 0.3) is 5.91 Å². The van der Waals surface area contributed by atoms with Crippen LogP contribution in [0.25, 0.3) is 0 Å². The zero-order valence-electron chi connectivity index (χ0n) is 13.6. The van der Waals surface area contributed by atoms with Crippen molar-refractivity contribution in [3.05, 3.63) is 52.5 Å². The maximum Gasteiger partial charge on any atom is 0.258 e. The monoisotopic (exact) mass is 307 g/mol. The van der Waals surface area contributed by atoms with Crippen molar-refractivity contribution in [2.45, 2.75) is 51.4 Å². The fourth-order valence-electron chi connectivity index (χ4n) is 3.16. The van der Waals surface area contributed by atoms with Gasteiger partial charge in [-0.1, -0.05) is 0 Å². The first-order chi connectivity index (χ1) is 11.1. The molecular weight excluding hydrogens is 286 g/mol. The van der Waals surface area contributed by atoms with Gasteiger partial charge in [-0.3, -0.25) is 9.78 Å². The molecule has 2 saturated carbocycles. The molecule has 0 spiro atoms. The molecule has 2 aromatic heterocycles. The van der Waals surface area contributed by atoms with E-state index in [0.717, 1.165) is 11.4 Å². The van der Waals surface area contributed by atoms with Crippen molar-refractivity contribution in [2.24, 2.45) is 0 Å². The molecule has 23 heavy (non-hydrogen) atoms. The molecular formula is C19H21N3O. The first-order valence-corrected chi connectivity index (χ1v) is 8.38. The van der Waals surface area contributed by atoms with Gasteiger partial charge in [-0.15, -0.1) is 0 Å². The first kappa shape index (κ1) is 14.4. The fourth-order valence-corrected chi connectivity index (χ4v) is 3.16. The predicted octanol–water partition coefficient (Wildman–Crippen LogP) is 4.10. The zero-order chi connectivity index (χ0) is 16.0. The second kappa shape index (κ2) is 5.44. The number of nitrogens with zero attached hydrogens (tertiary/aromatic N) is 2. The van der Waals surface area contributed by atoms with E-state index in [1.54, 1.807) is 6.20 Å². The number of carbonyl (C=O) groups is 1. The average molecular weight is 307 g/mol. The van der Waals surface area contributed by atoms with Crippen LogP contribution in [0.5, 0.6) is 0 Å².